The molecule has 0 aromatic heterocycles. The van der Waals surface area contributed by atoms with E-state index in [0.717, 1.165) is 29.9 Å². The Morgan fingerprint density at radius 3 is 2.38 bits per heavy atom. The molecule has 32 heavy (non-hydrogen) atoms. The van der Waals surface area contributed by atoms with Crippen LogP contribution in [0.5, 0.6) is 0 Å². The maximum atomic E-state index is 11.7. The number of amides is 1. The third kappa shape index (κ3) is 7.28. The molecule has 174 valence electrons. The van der Waals surface area contributed by atoms with Gasteiger partial charge in [0, 0.05) is 82.9 Å². The lowest BCUT2D eigenvalue weighted by Gasteiger charge is -2.36. The number of nitrogens with zero attached hydrogens (tertiary/aromatic N) is 2. The Labute approximate surface area is 190 Å². The first-order valence-electron chi connectivity index (χ1n) is 10.8. The molecule has 0 unspecified atom stereocenters. The lowest BCUT2D eigenvalue weighted by molar-refractivity contribution is -0.122. The molecule has 2 rings (SSSR count). The highest BCUT2D eigenvalue weighted by Crippen LogP contribution is 2.11. The molecule has 1 heterocycles. The van der Waals surface area contributed by atoms with Gasteiger partial charge in [-0.15, -0.1) is 0 Å². The van der Waals surface area contributed by atoms with Crippen LogP contribution in [0.1, 0.15) is 24.5 Å². The summed E-state index contributed by atoms with van der Waals surface area (Å²) in [6.07, 6.45) is 1.72. The molecule has 1 aliphatic heterocycles. The molecule has 1 aromatic rings. The number of benzene rings is 1. The average molecular weight is 442 g/mol. The van der Waals surface area contributed by atoms with Crippen molar-refractivity contribution in [2.45, 2.75) is 19.9 Å². The predicted octanol–water partition coefficient (Wildman–Crippen LogP) is 1.45. The van der Waals surface area contributed by atoms with Gasteiger partial charge >= 0.3 is 0 Å². The summed E-state index contributed by atoms with van der Waals surface area (Å²) >= 11 is 0. The van der Waals surface area contributed by atoms with Crippen molar-refractivity contribution in [1.82, 2.24) is 20.4 Å². The van der Waals surface area contributed by atoms with Crippen molar-refractivity contribution >= 4 is 23.7 Å². The number of hydrogen-bond acceptors (Lipinski definition) is 7. The Bertz CT molecular complexity index is 840. The van der Waals surface area contributed by atoms with Gasteiger partial charge in [-0.25, -0.2) is 0 Å². The number of ether oxygens (including phenoxy) is 1. The van der Waals surface area contributed by atoms with E-state index >= 15 is 0 Å². The van der Waals surface area contributed by atoms with Gasteiger partial charge in [-0.05, 0) is 12.5 Å². The van der Waals surface area contributed by atoms with Gasteiger partial charge in [-0.2, -0.15) is 0 Å². The molecule has 0 spiro atoms. The normalized spacial score (nSPS) is 15.0. The molecular formula is C23H35N7O2. The van der Waals surface area contributed by atoms with Crippen LogP contribution in [0.2, 0.25) is 0 Å². The first kappa shape index (κ1) is 25.2. The summed E-state index contributed by atoms with van der Waals surface area (Å²) in [4.78, 5) is 15.9. The number of allylic oxidation sites excluding steroid dienone is 1. The number of hydrogen-bond donors (Lipinski definition) is 5. The van der Waals surface area contributed by atoms with Gasteiger partial charge in [-0.3, -0.25) is 20.5 Å². The second kappa shape index (κ2) is 12.7. The van der Waals surface area contributed by atoms with Crippen LogP contribution >= 0.6 is 0 Å². The minimum absolute atomic E-state index is 0.0612. The van der Waals surface area contributed by atoms with Crippen molar-refractivity contribution in [3.63, 3.8) is 0 Å². The molecule has 9 heteroatoms. The predicted molar refractivity (Wildman–Crippen MR) is 128 cm³/mol. The van der Waals surface area contributed by atoms with Gasteiger partial charge in [0.1, 0.15) is 11.5 Å². The van der Waals surface area contributed by atoms with Crippen LogP contribution in [0, 0.1) is 16.2 Å². The molecule has 5 N–H and O–H groups in total. The SMILES string of the molecule is CN/C(C)=C(\C=N)CN1CCN(C(=N)C(=N)c2ccc(CNC(=O)CCOC)cc2)CC1. The van der Waals surface area contributed by atoms with Crippen molar-refractivity contribution in [2.24, 2.45) is 0 Å². The maximum Gasteiger partial charge on any atom is 0.222 e. The Hall–Kier alpha value is -3.04. The number of methoxy groups -OCH3 is 1. The summed E-state index contributed by atoms with van der Waals surface area (Å²) in [6.45, 7) is 6.42. The molecule has 1 aliphatic rings. The largest absolute Gasteiger partial charge is 0.391 e. The molecule has 0 radical (unpaired) electrons. The van der Waals surface area contributed by atoms with E-state index in [2.05, 4.69) is 15.5 Å². The summed E-state index contributed by atoms with van der Waals surface area (Å²) in [5.74, 6) is 0.161. The molecule has 1 fully saturated rings. The lowest BCUT2D eigenvalue weighted by Crippen LogP contribution is -2.50. The highest BCUT2D eigenvalue weighted by atomic mass is 16.5. The fourth-order valence-electron chi connectivity index (χ4n) is 3.37. The van der Waals surface area contributed by atoms with Crippen molar-refractivity contribution in [3.8, 4) is 0 Å². The summed E-state index contributed by atoms with van der Waals surface area (Å²) in [5.41, 5.74) is 3.78. The van der Waals surface area contributed by atoms with Crippen molar-refractivity contribution in [1.29, 1.82) is 16.2 Å². The van der Waals surface area contributed by atoms with Gasteiger partial charge in [0.05, 0.1) is 6.61 Å². The number of rotatable bonds is 11. The van der Waals surface area contributed by atoms with E-state index in [1.165, 1.54) is 6.21 Å². The van der Waals surface area contributed by atoms with Crippen molar-refractivity contribution in [3.05, 3.63) is 46.7 Å². The second-order valence-electron chi connectivity index (χ2n) is 7.75. The Balaban J connectivity index is 1.85. The van der Waals surface area contributed by atoms with Crippen LogP contribution in [-0.2, 0) is 16.1 Å². The van der Waals surface area contributed by atoms with Gasteiger partial charge in [0.25, 0.3) is 0 Å². The Kier molecular flexibility index (Phi) is 10.0. The molecule has 0 saturated carbocycles. The summed E-state index contributed by atoms with van der Waals surface area (Å²) in [6, 6.07) is 7.40. The quantitative estimate of drug-likeness (QED) is 0.262. The van der Waals surface area contributed by atoms with Crippen LogP contribution in [0.4, 0.5) is 0 Å². The molecule has 0 bridgehead atoms. The third-order valence-electron chi connectivity index (χ3n) is 5.62. The summed E-state index contributed by atoms with van der Waals surface area (Å²) in [5, 5.41) is 30.5. The van der Waals surface area contributed by atoms with Crippen LogP contribution in [0.3, 0.4) is 0 Å². The highest BCUT2D eigenvalue weighted by molar-refractivity contribution is 6.45. The van der Waals surface area contributed by atoms with Crippen molar-refractivity contribution < 1.29 is 9.53 Å². The third-order valence-corrected chi connectivity index (χ3v) is 5.62. The van der Waals surface area contributed by atoms with Gasteiger partial charge in [0.2, 0.25) is 5.91 Å². The summed E-state index contributed by atoms with van der Waals surface area (Å²) in [7, 11) is 3.42. The van der Waals surface area contributed by atoms with Crippen LogP contribution in [0.25, 0.3) is 0 Å². The van der Waals surface area contributed by atoms with Gasteiger partial charge in [-0.1, -0.05) is 24.3 Å². The number of carbonyl (C=O) groups excluding carboxylic acids is 1. The fourth-order valence-corrected chi connectivity index (χ4v) is 3.37. The lowest BCUT2D eigenvalue weighted by atomic mass is 10.1. The summed E-state index contributed by atoms with van der Waals surface area (Å²) < 4.78 is 4.90. The number of amidine groups is 1. The Morgan fingerprint density at radius 2 is 1.81 bits per heavy atom. The standard InChI is InChI=1S/C23H35N7O2/c1-17(27-2)20(14-24)16-29-9-11-30(12-10-29)23(26)22(25)19-6-4-18(5-7-19)15-28-21(31)8-13-32-3/h4-7,14,24-27H,8-13,15-16H2,1-3H3,(H,28,31)/b20-17+,24-14?,25-22?,26-23?. The van der Waals surface area contributed by atoms with Crippen LogP contribution in [0.15, 0.2) is 35.5 Å². The minimum Gasteiger partial charge on any atom is -0.391 e. The minimum atomic E-state index is -0.0612. The average Bonchev–Trinajstić information content (AvgIpc) is 2.84. The molecular weight excluding hydrogens is 406 g/mol. The zero-order valence-electron chi connectivity index (χ0n) is 19.3. The topological polar surface area (TPSA) is 128 Å². The molecule has 1 saturated heterocycles. The Morgan fingerprint density at radius 1 is 1.16 bits per heavy atom. The van der Waals surface area contributed by atoms with E-state index in [-0.39, 0.29) is 17.5 Å². The maximum absolute atomic E-state index is 11.7. The monoisotopic (exact) mass is 441 g/mol. The van der Waals surface area contributed by atoms with Gasteiger partial charge in [0.15, 0.2) is 0 Å². The van der Waals surface area contributed by atoms with E-state index in [1.807, 2.05) is 43.1 Å². The van der Waals surface area contributed by atoms with Crippen LogP contribution in [-0.4, -0.2) is 87.0 Å². The van der Waals surface area contributed by atoms with E-state index in [1.54, 1.807) is 7.11 Å². The second-order valence-corrected chi connectivity index (χ2v) is 7.75. The molecule has 0 atom stereocenters. The first-order valence-corrected chi connectivity index (χ1v) is 10.8. The smallest absolute Gasteiger partial charge is 0.222 e. The van der Waals surface area contributed by atoms with Crippen LogP contribution < -0.4 is 10.6 Å². The molecule has 1 amide bonds. The highest BCUT2D eigenvalue weighted by Gasteiger charge is 2.22. The number of carbonyl (C=O) groups is 1. The molecule has 0 aliphatic carbocycles. The van der Waals surface area contributed by atoms with E-state index in [4.69, 9.17) is 21.0 Å². The molecule has 1 aromatic carbocycles. The fraction of sp³-hybridized carbons (Fsp3) is 0.478. The zero-order valence-corrected chi connectivity index (χ0v) is 19.3. The van der Waals surface area contributed by atoms with E-state index in [9.17, 15) is 4.79 Å². The van der Waals surface area contributed by atoms with Crippen molar-refractivity contribution in [2.75, 3.05) is 53.5 Å². The zero-order chi connectivity index (χ0) is 23.5. The van der Waals surface area contributed by atoms with E-state index in [0.29, 0.717) is 44.8 Å². The number of piperazine rings is 1. The molecule has 9 nitrogen and oxygen atoms in total. The number of nitrogens with one attached hydrogen (secondary N) is 5. The van der Waals surface area contributed by atoms with E-state index < -0.39 is 0 Å². The van der Waals surface area contributed by atoms with Gasteiger partial charge < -0.3 is 25.7 Å². The first-order chi connectivity index (χ1) is 15.4.